The minimum atomic E-state index is -0.679. The zero-order valence-electron chi connectivity index (χ0n) is 15.4. The van der Waals surface area contributed by atoms with E-state index in [1.165, 1.54) is 6.92 Å². The topological polar surface area (TPSA) is 65.0 Å². The second kappa shape index (κ2) is 6.87. The highest BCUT2D eigenvalue weighted by atomic mass is 16.2. The summed E-state index contributed by atoms with van der Waals surface area (Å²) in [6.45, 7) is 4.75. The van der Waals surface area contributed by atoms with E-state index >= 15 is 0 Å². The molecule has 6 nitrogen and oxygen atoms in total. The van der Waals surface area contributed by atoms with E-state index in [4.69, 9.17) is 0 Å². The molecule has 2 aromatic carbocycles. The Labute approximate surface area is 158 Å². The third-order valence-corrected chi connectivity index (χ3v) is 5.05. The molecule has 0 aromatic heterocycles. The number of rotatable bonds is 3. The maximum atomic E-state index is 13.5. The van der Waals surface area contributed by atoms with Crippen LogP contribution in [0.1, 0.15) is 24.1 Å². The third-order valence-electron chi connectivity index (χ3n) is 5.05. The van der Waals surface area contributed by atoms with Gasteiger partial charge in [0.1, 0.15) is 6.04 Å². The number of anilines is 1. The molecule has 1 saturated heterocycles. The number of hydrogen-bond acceptors (Lipinski definition) is 4. The molecule has 1 fully saturated rings. The van der Waals surface area contributed by atoms with Gasteiger partial charge in [0.25, 0.3) is 5.91 Å². The van der Waals surface area contributed by atoms with Crippen molar-refractivity contribution in [1.29, 1.82) is 0 Å². The standard InChI is InChI=1S/C21H22N4O2/c1-14-8-6-7-11-17(14)25-20(27)18(23-15(2)26)19(16-9-4-3-5-10-16)24-13-12-22-21(24)25/h3-11,18-19H,12-13H2,1-2H3,(H,23,26)/t18-,19+/m1/s1. The normalized spacial score (nSPS) is 21.7. The third kappa shape index (κ3) is 2.97. The molecule has 0 unspecified atom stereocenters. The Morgan fingerprint density at radius 1 is 1.11 bits per heavy atom. The molecule has 0 aliphatic carbocycles. The van der Waals surface area contributed by atoms with Crippen molar-refractivity contribution in [3.8, 4) is 0 Å². The summed E-state index contributed by atoms with van der Waals surface area (Å²) in [7, 11) is 0. The molecule has 2 amide bonds. The van der Waals surface area contributed by atoms with Crippen molar-refractivity contribution in [2.24, 2.45) is 4.99 Å². The van der Waals surface area contributed by atoms with Crippen LogP contribution in [0.3, 0.4) is 0 Å². The molecule has 0 radical (unpaired) electrons. The monoisotopic (exact) mass is 362 g/mol. The van der Waals surface area contributed by atoms with Crippen molar-refractivity contribution in [2.75, 3.05) is 18.0 Å². The van der Waals surface area contributed by atoms with Crippen molar-refractivity contribution in [3.05, 3.63) is 65.7 Å². The first-order valence-corrected chi connectivity index (χ1v) is 9.10. The number of fused-ring (bicyclic) bond motifs is 1. The Bertz CT molecular complexity index is 909. The summed E-state index contributed by atoms with van der Waals surface area (Å²) in [6.07, 6.45) is 0. The van der Waals surface area contributed by atoms with Crippen LogP contribution in [0.4, 0.5) is 5.69 Å². The Hall–Kier alpha value is -3.15. The Kier molecular flexibility index (Phi) is 4.39. The summed E-state index contributed by atoms with van der Waals surface area (Å²) < 4.78 is 0. The van der Waals surface area contributed by atoms with E-state index in [2.05, 4.69) is 15.2 Å². The average molecular weight is 362 g/mol. The first kappa shape index (κ1) is 17.3. The van der Waals surface area contributed by atoms with Gasteiger partial charge in [0, 0.05) is 13.5 Å². The predicted molar refractivity (Wildman–Crippen MR) is 104 cm³/mol. The highest BCUT2D eigenvalue weighted by Gasteiger charge is 2.48. The lowest BCUT2D eigenvalue weighted by Gasteiger charge is -2.45. The second-order valence-electron chi connectivity index (χ2n) is 6.87. The van der Waals surface area contributed by atoms with E-state index in [-0.39, 0.29) is 17.9 Å². The molecule has 2 atom stereocenters. The SMILES string of the molecule is CC(=O)N[C@H]1C(=O)N(c2ccccc2C)C2=NCCN2[C@H]1c1ccccc1. The van der Waals surface area contributed by atoms with Gasteiger partial charge in [-0.15, -0.1) is 0 Å². The fourth-order valence-electron chi connectivity index (χ4n) is 3.89. The minimum Gasteiger partial charge on any atom is -0.342 e. The molecule has 27 heavy (non-hydrogen) atoms. The summed E-state index contributed by atoms with van der Waals surface area (Å²) >= 11 is 0. The van der Waals surface area contributed by atoms with Gasteiger partial charge < -0.3 is 10.2 Å². The van der Waals surface area contributed by atoms with Crippen LogP contribution in [0.25, 0.3) is 0 Å². The van der Waals surface area contributed by atoms with Crippen LogP contribution in [0, 0.1) is 6.92 Å². The van der Waals surface area contributed by atoms with Gasteiger partial charge in [-0.25, -0.2) is 4.90 Å². The number of aryl methyl sites for hydroxylation is 1. The number of hydrogen-bond donors (Lipinski definition) is 1. The summed E-state index contributed by atoms with van der Waals surface area (Å²) in [4.78, 5) is 33.9. The smallest absolute Gasteiger partial charge is 0.258 e. The number of carbonyl (C=O) groups is 2. The van der Waals surface area contributed by atoms with Gasteiger partial charge >= 0.3 is 0 Å². The van der Waals surface area contributed by atoms with Gasteiger partial charge in [-0.3, -0.25) is 14.6 Å². The van der Waals surface area contributed by atoms with Crippen molar-refractivity contribution in [2.45, 2.75) is 25.9 Å². The molecule has 0 saturated carbocycles. The van der Waals surface area contributed by atoms with Crippen LogP contribution in [0.2, 0.25) is 0 Å². The lowest BCUT2D eigenvalue weighted by atomic mass is 9.93. The molecule has 2 aromatic rings. The van der Waals surface area contributed by atoms with E-state index in [9.17, 15) is 9.59 Å². The molecule has 0 bridgehead atoms. The van der Waals surface area contributed by atoms with Gasteiger partial charge in [0.05, 0.1) is 18.3 Å². The number of para-hydroxylation sites is 1. The largest absolute Gasteiger partial charge is 0.342 e. The Morgan fingerprint density at radius 2 is 1.81 bits per heavy atom. The van der Waals surface area contributed by atoms with E-state index in [1.54, 1.807) is 4.90 Å². The zero-order chi connectivity index (χ0) is 19.0. The van der Waals surface area contributed by atoms with Crippen molar-refractivity contribution < 1.29 is 9.59 Å². The molecule has 2 aliphatic rings. The molecule has 4 rings (SSSR count). The van der Waals surface area contributed by atoms with Crippen LogP contribution in [-0.2, 0) is 9.59 Å². The van der Waals surface area contributed by atoms with Gasteiger partial charge in [-0.2, -0.15) is 0 Å². The summed E-state index contributed by atoms with van der Waals surface area (Å²) in [5, 5.41) is 2.89. The van der Waals surface area contributed by atoms with E-state index in [0.717, 1.165) is 16.8 Å². The highest BCUT2D eigenvalue weighted by molar-refractivity contribution is 6.21. The van der Waals surface area contributed by atoms with Crippen LogP contribution < -0.4 is 10.2 Å². The lowest BCUT2D eigenvalue weighted by Crippen LogP contribution is -2.64. The molecule has 2 aliphatic heterocycles. The summed E-state index contributed by atoms with van der Waals surface area (Å²) in [6, 6.07) is 16.6. The summed E-state index contributed by atoms with van der Waals surface area (Å²) in [5.41, 5.74) is 2.78. The molecule has 0 spiro atoms. The average Bonchev–Trinajstić information content (AvgIpc) is 3.13. The predicted octanol–water partition coefficient (Wildman–Crippen LogP) is 2.26. The zero-order valence-corrected chi connectivity index (χ0v) is 15.4. The van der Waals surface area contributed by atoms with Crippen molar-refractivity contribution in [1.82, 2.24) is 10.2 Å². The second-order valence-corrected chi connectivity index (χ2v) is 6.87. The summed E-state index contributed by atoms with van der Waals surface area (Å²) in [5.74, 6) is 0.272. The quantitative estimate of drug-likeness (QED) is 0.911. The van der Waals surface area contributed by atoms with E-state index in [0.29, 0.717) is 19.0 Å². The Balaban J connectivity index is 1.84. The molecule has 138 valence electrons. The van der Waals surface area contributed by atoms with Crippen molar-refractivity contribution >= 4 is 23.5 Å². The minimum absolute atomic E-state index is 0.162. The van der Waals surface area contributed by atoms with E-state index < -0.39 is 6.04 Å². The highest BCUT2D eigenvalue weighted by Crippen LogP contribution is 2.36. The number of guanidine groups is 1. The van der Waals surface area contributed by atoms with Gasteiger partial charge in [-0.05, 0) is 24.1 Å². The number of nitrogens with one attached hydrogen (secondary N) is 1. The molecule has 2 heterocycles. The molecular formula is C21H22N4O2. The molecular weight excluding hydrogens is 340 g/mol. The van der Waals surface area contributed by atoms with Gasteiger partial charge in [0.2, 0.25) is 11.9 Å². The van der Waals surface area contributed by atoms with Crippen molar-refractivity contribution in [3.63, 3.8) is 0 Å². The van der Waals surface area contributed by atoms with Gasteiger partial charge in [0.15, 0.2) is 0 Å². The van der Waals surface area contributed by atoms with Crippen LogP contribution in [-0.4, -0.2) is 41.8 Å². The first-order valence-electron chi connectivity index (χ1n) is 9.10. The fourth-order valence-corrected chi connectivity index (χ4v) is 3.89. The van der Waals surface area contributed by atoms with Crippen LogP contribution in [0.5, 0.6) is 0 Å². The number of nitrogens with zero attached hydrogens (tertiary/aromatic N) is 3. The number of amides is 2. The maximum Gasteiger partial charge on any atom is 0.258 e. The fraction of sp³-hybridized carbons (Fsp3) is 0.286. The molecule has 1 N–H and O–H groups in total. The number of aliphatic imine (C=N–C) groups is 1. The van der Waals surface area contributed by atoms with E-state index in [1.807, 2.05) is 61.5 Å². The first-order chi connectivity index (χ1) is 13.1. The van der Waals surface area contributed by atoms with Crippen LogP contribution in [0.15, 0.2) is 59.6 Å². The van der Waals surface area contributed by atoms with Gasteiger partial charge in [-0.1, -0.05) is 48.5 Å². The number of benzene rings is 2. The van der Waals surface area contributed by atoms with Crippen LogP contribution >= 0.6 is 0 Å². The maximum absolute atomic E-state index is 13.5. The Morgan fingerprint density at radius 3 is 2.52 bits per heavy atom. The lowest BCUT2D eigenvalue weighted by molar-refractivity contribution is -0.128. The molecule has 6 heteroatoms. The number of carbonyl (C=O) groups excluding carboxylic acids is 2.